The van der Waals surface area contributed by atoms with Gasteiger partial charge in [0.2, 0.25) is 0 Å². The monoisotopic (exact) mass is 273 g/mol. The van der Waals surface area contributed by atoms with E-state index < -0.39 is 5.97 Å². The van der Waals surface area contributed by atoms with E-state index in [2.05, 4.69) is 17.3 Å². The van der Waals surface area contributed by atoms with Crippen LogP contribution in [0.1, 0.15) is 32.9 Å². The first kappa shape index (κ1) is 14.3. The number of aromatic carboxylic acids is 1. The van der Waals surface area contributed by atoms with Gasteiger partial charge >= 0.3 is 5.97 Å². The molecular formula is C15H19N3O2. The molecule has 2 rings (SSSR count). The summed E-state index contributed by atoms with van der Waals surface area (Å²) in [4.78, 5) is 10.8. The number of rotatable bonds is 5. The van der Waals surface area contributed by atoms with Crippen LogP contribution in [-0.2, 0) is 20.1 Å². The SMILES string of the molecule is Cc1nn(C)c(C)c1CNCc1ccc(C(=O)O)cc1. The van der Waals surface area contributed by atoms with Crippen LogP contribution in [0.25, 0.3) is 0 Å². The molecule has 0 saturated carbocycles. The third-order valence-corrected chi connectivity index (χ3v) is 3.49. The molecule has 5 nitrogen and oxygen atoms in total. The van der Waals surface area contributed by atoms with Crippen LogP contribution in [0, 0.1) is 13.8 Å². The molecule has 0 fully saturated rings. The van der Waals surface area contributed by atoms with E-state index in [1.165, 1.54) is 5.56 Å². The molecule has 0 unspecified atom stereocenters. The number of carboxylic acid groups (broad SMARTS) is 1. The molecule has 1 aromatic heterocycles. The fourth-order valence-electron chi connectivity index (χ4n) is 2.17. The lowest BCUT2D eigenvalue weighted by atomic mass is 10.1. The number of carbonyl (C=O) groups is 1. The highest BCUT2D eigenvalue weighted by molar-refractivity contribution is 5.87. The van der Waals surface area contributed by atoms with Crippen molar-refractivity contribution in [1.82, 2.24) is 15.1 Å². The number of nitrogens with zero attached hydrogens (tertiary/aromatic N) is 2. The van der Waals surface area contributed by atoms with Crippen molar-refractivity contribution < 1.29 is 9.90 Å². The summed E-state index contributed by atoms with van der Waals surface area (Å²) in [7, 11) is 1.94. The van der Waals surface area contributed by atoms with Gasteiger partial charge in [-0.15, -0.1) is 0 Å². The van der Waals surface area contributed by atoms with E-state index in [-0.39, 0.29) is 0 Å². The number of hydrogen-bond acceptors (Lipinski definition) is 3. The maximum absolute atomic E-state index is 10.8. The average Bonchev–Trinajstić information content (AvgIpc) is 2.65. The zero-order valence-corrected chi connectivity index (χ0v) is 12.0. The van der Waals surface area contributed by atoms with Crippen LogP contribution in [0.5, 0.6) is 0 Å². The third kappa shape index (κ3) is 3.05. The summed E-state index contributed by atoms with van der Waals surface area (Å²) in [6.07, 6.45) is 0. The van der Waals surface area contributed by atoms with Gasteiger partial charge in [0.25, 0.3) is 0 Å². The minimum Gasteiger partial charge on any atom is -0.478 e. The highest BCUT2D eigenvalue weighted by atomic mass is 16.4. The Labute approximate surface area is 118 Å². The molecule has 1 heterocycles. The first-order valence-corrected chi connectivity index (χ1v) is 6.51. The summed E-state index contributed by atoms with van der Waals surface area (Å²) in [6, 6.07) is 6.92. The topological polar surface area (TPSA) is 67.2 Å². The predicted octanol–water partition coefficient (Wildman–Crippen LogP) is 2.02. The predicted molar refractivity (Wildman–Crippen MR) is 76.6 cm³/mol. The van der Waals surface area contributed by atoms with Gasteiger partial charge in [0.15, 0.2) is 0 Å². The summed E-state index contributed by atoms with van der Waals surface area (Å²) >= 11 is 0. The molecular weight excluding hydrogens is 254 g/mol. The van der Waals surface area contributed by atoms with Gasteiger partial charge in [-0.25, -0.2) is 4.79 Å². The molecule has 0 atom stereocenters. The lowest BCUT2D eigenvalue weighted by molar-refractivity contribution is 0.0697. The van der Waals surface area contributed by atoms with Crippen molar-refractivity contribution in [3.63, 3.8) is 0 Å². The molecule has 2 N–H and O–H groups in total. The van der Waals surface area contributed by atoms with E-state index in [0.29, 0.717) is 12.1 Å². The van der Waals surface area contributed by atoms with Gasteiger partial charge in [-0.3, -0.25) is 4.68 Å². The second-order valence-corrected chi connectivity index (χ2v) is 4.88. The molecule has 2 aromatic rings. The molecule has 0 aliphatic rings. The van der Waals surface area contributed by atoms with Crippen molar-refractivity contribution in [2.75, 3.05) is 0 Å². The Morgan fingerprint density at radius 3 is 2.40 bits per heavy atom. The quantitative estimate of drug-likeness (QED) is 0.874. The van der Waals surface area contributed by atoms with E-state index >= 15 is 0 Å². The van der Waals surface area contributed by atoms with Crippen molar-refractivity contribution in [2.45, 2.75) is 26.9 Å². The number of carboxylic acids is 1. The van der Waals surface area contributed by atoms with Crippen molar-refractivity contribution in [3.8, 4) is 0 Å². The van der Waals surface area contributed by atoms with E-state index in [4.69, 9.17) is 5.11 Å². The molecule has 1 aromatic carbocycles. The first-order valence-electron chi connectivity index (χ1n) is 6.51. The second kappa shape index (κ2) is 5.88. The van der Waals surface area contributed by atoms with Gasteiger partial charge in [-0.05, 0) is 31.5 Å². The maximum atomic E-state index is 10.8. The molecule has 0 saturated heterocycles. The second-order valence-electron chi connectivity index (χ2n) is 4.88. The van der Waals surface area contributed by atoms with Crippen molar-refractivity contribution in [3.05, 3.63) is 52.3 Å². The van der Waals surface area contributed by atoms with Crippen molar-refractivity contribution in [1.29, 1.82) is 0 Å². The van der Waals surface area contributed by atoms with Crippen LogP contribution in [0.3, 0.4) is 0 Å². The minimum atomic E-state index is -0.897. The highest BCUT2D eigenvalue weighted by Gasteiger charge is 2.08. The van der Waals surface area contributed by atoms with E-state index in [1.54, 1.807) is 12.1 Å². The van der Waals surface area contributed by atoms with Gasteiger partial charge in [-0.1, -0.05) is 12.1 Å². The van der Waals surface area contributed by atoms with Gasteiger partial charge < -0.3 is 10.4 Å². The number of hydrogen-bond donors (Lipinski definition) is 2. The molecule has 0 bridgehead atoms. The van der Waals surface area contributed by atoms with E-state index in [9.17, 15) is 4.79 Å². The summed E-state index contributed by atoms with van der Waals surface area (Å²) in [5, 5.41) is 16.6. The molecule has 5 heteroatoms. The normalized spacial score (nSPS) is 10.8. The van der Waals surface area contributed by atoms with Crippen LogP contribution >= 0.6 is 0 Å². The third-order valence-electron chi connectivity index (χ3n) is 3.49. The summed E-state index contributed by atoms with van der Waals surface area (Å²) in [6.45, 7) is 5.52. The number of nitrogens with one attached hydrogen (secondary N) is 1. The maximum Gasteiger partial charge on any atom is 0.335 e. The Bertz CT molecular complexity index is 615. The first-order chi connectivity index (χ1) is 9.49. The zero-order valence-electron chi connectivity index (χ0n) is 12.0. The van der Waals surface area contributed by atoms with Gasteiger partial charge in [-0.2, -0.15) is 5.10 Å². The van der Waals surface area contributed by atoms with Crippen molar-refractivity contribution in [2.24, 2.45) is 7.05 Å². The number of aryl methyl sites for hydroxylation is 2. The molecule has 106 valence electrons. The van der Waals surface area contributed by atoms with Crippen LogP contribution in [0.2, 0.25) is 0 Å². The zero-order chi connectivity index (χ0) is 14.7. The Kier molecular flexibility index (Phi) is 4.20. The van der Waals surface area contributed by atoms with Crippen LogP contribution in [0.15, 0.2) is 24.3 Å². The number of aromatic nitrogens is 2. The Morgan fingerprint density at radius 1 is 1.25 bits per heavy atom. The Morgan fingerprint density at radius 2 is 1.90 bits per heavy atom. The molecule has 0 amide bonds. The fourth-order valence-corrected chi connectivity index (χ4v) is 2.17. The fraction of sp³-hybridized carbons (Fsp3) is 0.333. The molecule has 0 radical (unpaired) electrons. The van der Waals surface area contributed by atoms with Gasteiger partial charge in [0.05, 0.1) is 11.3 Å². The largest absolute Gasteiger partial charge is 0.478 e. The summed E-state index contributed by atoms with van der Waals surface area (Å²) < 4.78 is 1.88. The lowest BCUT2D eigenvalue weighted by Crippen LogP contribution is -2.14. The van der Waals surface area contributed by atoms with Gasteiger partial charge in [0, 0.05) is 31.4 Å². The molecule has 0 aliphatic carbocycles. The standard InChI is InChI=1S/C15H19N3O2/c1-10-14(11(2)18(3)17-10)9-16-8-12-4-6-13(7-5-12)15(19)20/h4-7,16H,8-9H2,1-3H3,(H,19,20). The lowest BCUT2D eigenvalue weighted by Gasteiger charge is -2.06. The van der Waals surface area contributed by atoms with E-state index in [0.717, 1.165) is 23.5 Å². The van der Waals surface area contributed by atoms with Crippen LogP contribution in [-0.4, -0.2) is 20.9 Å². The highest BCUT2D eigenvalue weighted by Crippen LogP contribution is 2.11. The Hall–Kier alpha value is -2.14. The number of benzene rings is 1. The summed E-state index contributed by atoms with van der Waals surface area (Å²) in [5.74, 6) is -0.897. The van der Waals surface area contributed by atoms with Crippen LogP contribution in [0.4, 0.5) is 0 Å². The molecule has 0 aliphatic heterocycles. The molecule has 0 spiro atoms. The minimum absolute atomic E-state index is 0.313. The van der Waals surface area contributed by atoms with Crippen molar-refractivity contribution >= 4 is 5.97 Å². The smallest absolute Gasteiger partial charge is 0.335 e. The average molecular weight is 273 g/mol. The van der Waals surface area contributed by atoms with E-state index in [1.807, 2.05) is 30.8 Å². The summed E-state index contributed by atoms with van der Waals surface area (Å²) in [5.41, 5.74) is 4.80. The van der Waals surface area contributed by atoms with Gasteiger partial charge in [0.1, 0.15) is 0 Å². The molecule has 20 heavy (non-hydrogen) atoms. The Balaban J connectivity index is 1.94. The van der Waals surface area contributed by atoms with Crippen LogP contribution < -0.4 is 5.32 Å².